The molecule has 0 aliphatic heterocycles. The lowest BCUT2D eigenvalue weighted by molar-refractivity contribution is -0.153. The fourth-order valence-corrected chi connectivity index (χ4v) is 2.46. The molecule has 0 aromatic heterocycles. The first kappa shape index (κ1) is 16.5. The van der Waals surface area contributed by atoms with Crippen molar-refractivity contribution in [3.63, 3.8) is 0 Å². The van der Waals surface area contributed by atoms with Crippen LogP contribution >= 0.6 is 0 Å². The second kappa shape index (κ2) is 5.47. The molecule has 0 bridgehead atoms. The number of carbonyl (C=O) groups is 1. The van der Waals surface area contributed by atoms with E-state index in [-0.39, 0.29) is 10.5 Å². The van der Waals surface area contributed by atoms with E-state index in [2.05, 4.69) is 0 Å². The standard InChI is InChI=1S/C12H16FNO5S/c1-12(17,10(13)11(15)16)8-4-6-9(7-5-8)20(18,19)14(2)3/h4-7,10,17H,1-3H3,(H,15,16). The number of carboxylic acid groups (broad SMARTS) is 1. The zero-order valence-corrected chi connectivity index (χ0v) is 12.1. The highest BCUT2D eigenvalue weighted by atomic mass is 32.2. The van der Waals surface area contributed by atoms with Crippen molar-refractivity contribution < 1.29 is 27.8 Å². The highest BCUT2D eigenvalue weighted by Gasteiger charge is 2.39. The molecule has 1 aromatic rings. The molecule has 20 heavy (non-hydrogen) atoms. The van der Waals surface area contributed by atoms with E-state index in [0.717, 1.165) is 11.2 Å². The van der Waals surface area contributed by atoms with E-state index in [4.69, 9.17) is 5.11 Å². The Bertz CT molecular complexity index is 595. The van der Waals surface area contributed by atoms with Crippen LogP contribution in [0.4, 0.5) is 4.39 Å². The van der Waals surface area contributed by atoms with Gasteiger partial charge in [-0.25, -0.2) is 21.9 Å². The molecule has 0 heterocycles. The van der Waals surface area contributed by atoms with E-state index >= 15 is 0 Å². The number of alkyl halides is 1. The van der Waals surface area contributed by atoms with Gasteiger partial charge in [0, 0.05) is 14.1 Å². The quantitative estimate of drug-likeness (QED) is 0.829. The number of carboxylic acids is 1. The SMILES string of the molecule is CN(C)S(=O)(=O)c1ccc(C(C)(O)C(F)C(=O)O)cc1. The first-order valence-electron chi connectivity index (χ1n) is 5.63. The molecule has 8 heteroatoms. The summed E-state index contributed by atoms with van der Waals surface area (Å²) in [5.74, 6) is -1.79. The zero-order valence-electron chi connectivity index (χ0n) is 11.2. The molecule has 0 amide bonds. The summed E-state index contributed by atoms with van der Waals surface area (Å²) in [6, 6.07) is 4.75. The van der Waals surface area contributed by atoms with Crippen LogP contribution < -0.4 is 0 Å². The Morgan fingerprint density at radius 2 is 1.75 bits per heavy atom. The highest BCUT2D eigenvalue weighted by molar-refractivity contribution is 7.89. The van der Waals surface area contributed by atoms with Crippen molar-refractivity contribution in [1.82, 2.24) is 4.31 Å². The average molecular weight is 305 g/mol. The first-order valence-corrected chi connectivity index (χ1v) is 7.07. The molecule has 0 fully saturated rings. The van der Waals surface area contributed by atoms with Crippen LogP contribution in [0.5, 0.6) is 0 Å². The molecule has 0 aliphatic carbocycles. The van der Waals surface area contributed by atoms with Gasteiger partial charge in [-0.05, 0) is 24.6 Å². The number of sulfonamides is 1. The predicted molar refractivity (Wildman–Crippen MR) is 69.4 cm³/mol. The van der Waals surface area contributed by atoms with Crippen molar-refractivity contribution in [1.29, 1.82) is 0 Å². The number of hydrogen-bond donors (Lipinski definition) is 2. The predicted octanol–water partition coefficient (Wildman–Crippen LogP) is 0.567. The Morgan fingerprint density at radius 3 is 2.10 bits per heavy atom. The molecule has 0 aliphatic rings. The van der Waals surface area contributed by atoms with Crippen LogP contribution in [0.15, 0.2) is 29.2 Å². The van der Waals surface area contributed by atoms with Crippen molar-refractivity contribution in [3.05, 3.63) is 29.8 Å². The number of halogens is 1. The summed E-state index contributed by atoms with van der Waals surface area (Å²) in [5, 5.41) is 18.5. The number of hydrogen-bond acceptors (Lipinski definition) is 4. The molecular weight excluding hydrogens is 289 g/mol. The lowest BCUT2D eigenvalue weighted by Crippen LogP contribution is -2.39. The van der Waals surface area contributed by atoms with Crippen molar-refractivity contribution >= 4 is 16.0 Å². The third-order valence-corrected chi connectivity index (χ3v) is 4.76. The third kappa shape index (κ3) is 2.97. The van der Waals surface area contributed by atoms with Gasteiger partial charge in [0.2, 0.25) is 16.2 Å². The summed E-state index contributed by atoms with van der Waals surface area (Å²) in [4.78, 5) is 10.6. The Morgan fingerprint density at radius 1 is 1.30 bits per heavy atom. The second-order valence-corrected chi connectivity index (χ2v) is 6.81. The maximum absolute atomic E-state index is 13.5. The third-order valence-electron chi connectivity index (χ3n) is 2.93. The van der Waals surface area contributed by atoms with Gasteiger partial charge in [-0.2, -0.15) is 0 Å². The van der Waals surface area contributed by atoms with Gasteiger partial charge in [-0.1, -0.05) is 12.1 Å². The molecule has 0 spiro atoms. The first-order chi connectivity index (χ1) is 9.01. The van der Waals surface area contributed by atoms with Crippen LogP contribution in [-0.2, 0) is 20.4 Å². The summed E-state index contributed by atoms with van der Waals surface area (Å²) in [5.41, 5.74) is -2.27. The molecule has 0 saturated heterocycles. The zero-order chi connectivity index (χ0) is 15.7. The second-order valence-electron chi connectivity index (χ2n) is 4.66. The number of benzene rings is 1. The molecule has 6 nitrogen and oxygen atoms in total. The van der Waals surface area contributed by atoms with Crippen LogP contribution in [0.1, 0.15) is 12.5 Å². The van der Waals surface area contributed by atoms with Gasteiger partial charge < -0.3 is 10.2 Å². The summed E-state index contributed by atoms with van der Waals surface area (Å²) >= 11 is 0. The normalized spacial score (nSPS) is 16.7. The van der Waals surface area contributed by atoms with Crippen LogP contribution in [0.25, 0.3) is 0 Å². The van der Waals surface area contributed by atoms with Gasteiger partial charge >= 0.3 is 5.97 Å². The minimum Gasteiger partial charge on any atom is -0.479 e. The van der Waals surface area contributed by atoms with Gasteiger partial charge in [-0.3, -0.25) is 0 Å². The monoisotopic (exact) mass is 305 g/mol. The van der Waals surface area contributed by atoms with Crippen LogP contribution in [-0.4, -0.2) is 49.2 Å². The van der Waals surface area contributed by atoms with E-state index in [9.17, 15) is 22.7 Å². The molecule has 112 valence electrons. The van der Waals surface area contributed by atoms with Gasteiger partial charge in [-0.15, -0.1) is 0 Å². The Hall–Kier alpha value is -1.51. The van der Waals surface area contributed by atoms with Crippen LogP contribution in [0, 0.1) is 0 Å². The largest absolute Gasteiger partial charge is 0.479 e. The van der Waals surface area contributed by atoms with Crippen molar-refractivity contribution in [2.24, 2.45) is 0 Å². The molecule has 0 radical (unpaired) electrons. The highest BCUT2D eigenvalue weighted by Crippen LogP contribution is 2.28. The van der Waals surface area contributed by atoms with Gasteiger partial charge in [0.15, 0.2) is 0 Å². The van der Waals surface area contributed by atoms with Gasteiger partial charge in [0.05, 0.1) is 4.90 Å². The summed E-state index contributed by atoms with van der Waals surface area (Å²) < 4.78 is 38.1. The number of rotatable bonds is 5. The Kier molecular flexibility index (Phi) is 4.52. The van der Waals surface area contributed by atoms with Crippen LogP contribution in [0.2, 0.25) is 0 Å². The lowest BCUT2D eigenvalue weighted by atomic mass is 9.91. The molecule has 2 unspecified atom stereocenters. The van der Waals surface area contributed by atoms with Crippen molar-refractivity contribution in [2.45, 2.75) is 23.6 Å². The van der Waals surface area contributed by atoms with Gasteiger partial charge in [0.25, 0.3) is 0 Å². The smallest absolute Gasteiger partial charge is 0.341 e. The molecule has 0 saturated carbocycles. The molecule has 1 aromatic carbocycles. The fraction of sp³-hybridized carbons (Fsp3) is 0.417. The summed E-state index contributed by atoms with van der Waals surface area (Å²) in [6.45, 7) is 1.02. The fourth-order valence-electron chi connectivity index (χ4n) is 1.56. The Labute approximate surface area is 116 Å². The number of aliphatic hydroxyl groups is 1. The number of nitrogens with zero attached hydrogens (tertiary/aromatic N) is 1. The van der Waals surface area contributed by atoms with Crippen molar-refractivity contribution in [2.75, 3.05) is 14.1 Å². The van der Waals surface area contributed by atoms with Crippen LogP contribution in [0.3, 0.4) is 0 Å². The maximum atomic E-state index is 13.5. The molecule has 2 N–H and O–H groups in total. The lowest BCUT2D eigenvalue weighted by Gasteiger charge is -2.25. The number of aliphatic carboxylic acids is 1. The van der Waals surface area contributed by atoms with Crippen molar-refractivity contribution in [3.8, 4) is 0 Å². The minimum absolute atomic E-state index is 0.0230. The minimum atomic E-state index is -3.63. The van der Waals surface area contributed by atoms with E-state index in [0.29, 0.717) is 0 Å². The maximum Gasteiger partial charge on any atom is 0.341 e. The van der Waals surface area contributed by atoms with Gasteiger partial charge in [0.1, 0.15) is 5.60 Å². The topological polar surface area (TPSA) is 94.9 Å². The van der Waals surface area contributed by atoms with E-state index in [1.807, 2.05) is 0 Å². The molecule has 2 atom stereocenters. The Balaban J connectivity index is 3.18. The summed E-state index contributed by atoms with van der Waals surface area (Å²) in [6.07, 6.45) is -2.51. The summed E-state index contributed by atoms with van der Waals surface area (Å²) in [7, 11) is -0.909. The van der Waals surface area contributed by atoms with E-state index < -0.39 is 27.8 Å². The molecular formula is C12H16FNO5S. The van der Waals surface area contributed by atoms with E-state index in [1.165, 1.54) is 38.4 Å². The molecule has 1 rings (SSSR count). The van der Waals surface area contributed by atoms with E-state index in [1.54, 1.807) is 0 Å². The average Bonchev–Trinajstić information content (AvgIpc) is 2.37.